The van der Waals surface area contributed by atoms with Crippen molar-refractivity contribution in [3.8, 4) is 0 Å². The fourth-order valence-corrected chi connectivity index (χ4v) is 3.76. The van der Waals surface area contributed by atoms with E-state index in [0.29, 0.717) is 17.8 Å². The first-order chi connectivity index (χ1) is 15.0. The van der Waals surface area contributed by atoms with Crippen LogP contribution in [0.4, 0.5) is 10.5 Å². The molecule has 3 rings (SSSR count). The number of carbonyl (C=O) groups excluding carboxylic acids is 2. The van der Waals surface area contributed by atoms with Crippen LogP contribution < -0.4 is 10.6 Å². The number of urea groups is 1. The van der Waals surface area contributed by atoms with E-state index in [1.165, 1.54) is 0 Å². The predicted molar refractivity (Wildman–Crippen MR) is 125 cm³/mol. The summed E-state index contributed by atoms with van der Waals surface area (Å²) in [5.74, 6) is -0.0933. The molecule has 6 heteroatoms. The molecule has 1 saturated heterocycles. The molecular formula is C25H34N4O2. The maximum atomic E-state index is 13.2. The summed E-state index contributed by atoms with van der Waals surface area (Å²) in [6, 6.07) is 17.4. The van der Waals surface area contributed by atoms with Gasteiger partial charge >= 0.3 is 6.03 Å². The molecule has 0 unspecified atom stereocenters. The molecule has 2 aromatic rings. The van der Waals surface area contributed by atoms with Crippen molar-refractivity contribution in [1.82, 2.24) is 15.1 Å². The predicted octanol–water partition coefficient (Wildman–Crippen LogP) is 4.34. The van der Waals surface area contributed by atoms with Crippen LogP contribution in [0.15, 0.2) is 54.6 Å². The van der Waals surface area contributed by atoms with Gasteiger partial charge in [-0.1, -0.05) is 37.3 Å². The molecule has 1 aliphatic heterocycles. The number of benzene rings is 2. The normalized spacial score (nSPS) is 15.8. The average Bonchev–Trinajstić information content (AvgIpc) is 2.79. The van der Waals surface area contributed by atoms with Gasteiger partial charge in [0.2, 0.25) is 0 Å². The highest BCUT2D eigenvalue weighted by Gasteiger charge is 2.27. The standard InChI is InChI=1S/C25H34N4O2/c1-4-19(2)26-24(30)21-10-12-22(13-11-21)27-25(31)29(18-20-8-6-5-7-9-20)23-14-16-28(3)17-15-23/h5-13,19,23H,4,14-18H2,1-3H3,(H,26,30)(H,27,31)/t19-/m1/s1. The second kappa shape index (κ2) is 11.0. The molecule has 1 fully saturated rings. The molecule has 2 aromatic carbocycles. The molecule has 3 amide bonds. The van der Waals surface area contributed by atoms with Crippen LogP contribution in [-0.4, -0.2) is 54.0 Å². The largest absolute Gasteiger partial charge is 0.350 e. The highest BCUT2D eigenvalue weighted by Crippen LogP contribution is 2.20. The van der Waals surface area contributed by atoms with E-state index in [4.69, 9.17) is 0 Å². The maximum absolute atomic E-state index is 13.2. The van der Waals surface area contributed by atoms with Crippen molar-refractivity contribution in [3.05, 3.63) is 65.7 Å². The Labute approximate surface area is 185 Å². The van der Waals surface area contributed by atoms with Gasteiger partial charge in [0.25, 0.3) is 5.91 Å². The summed E-state index contributed by atoms with van der Waals surface area (Å²) < 4.78 is 0. The fraction of sp³-hybridized carbons (Fsp3) is 0.440. The third-order valence-corrected chi connectivity index (χ3v) is 5.97. The second-order valence-corrected chi connectivity index (χ2v) is 8.44. The maximum Gasteiger partial charge on any atom is 0.322 e. The van der Waals surface area contributed by atoms with Crippen LogP contribution in [0, 0.1) is 0 Å². The Morgan fingerprint density at radius 3 is 2.32 bits per heavy atom. The first-order valence-electron chi connectivity index (χ1n) is 11.2. The summed E-state index contributed by atoms with van der Waals surface area (Å²) in [6.45, 7) is 6.58. The van der Waals surface area contributed by atoms with Gasteiger partial charge in [-0.05, 0) is 76.2 Å². The number of hydrogen-bond acceptors (Lipinski definition) is 3. The number of anilines is 1. The zero-order valence-electron chi connectivity index (χ0n) is 18.8. The van der Waals surface area contributed by atoms with Gasteiger partial charge in [-0.2, -0.15) is 0 Å². The monoisotopic (exact) mass is 422 g/mol. The number of nitrogens with zero attached hydrogens (tertiary/aromatic N) is 2. The van der Waals surface area contributed by atoms with Crippen LogP contribution in [0.2, 0.25) is 0 Å². The molecule has 0 aromatic heterocycles. The molecule has 166 valence electrons. The van der Waals surface area contributed by atoms with Gasteiger partial charge < -0.3 is 20.4 Å². The Hall–Kier alpha value is -2.86. The minimum Gasteiger partial charge on any atom is -0.350 e. The molecule has 0 bridgehead atoms. The zero-order chi connectivity index (χ0) is 22.2. The minimum atomic E-state index is -0.102. The third kappa shape index (κ3) is 6.56. The molecule has 1 aliphatic rings. The summed E-state index contributed by atoms with van der Waals surface area (Å²) in [6.07, 6.45) is 2.81. The lowest BCUT2D eigenvalue weighted by molar-refractivity contribution is 0.0939. The lowest BCUT2D eigenvalue weighted by Gasteiger charge is -2.37. The molecule has 0 saturated carbocycles. The van der Waals surface area contributed by atoms with Gasteiger partial charge in [0.1, 0.15) is 0 Å². The molecule has 1 atom stereocenters. The number of piperidine rings is 1. The van der Waals surface area contributed by atoms with Crippen LogP contribution in [0.1, 0.15) is 49.0 Å². The Balaban J connectivity index is 1.68. The summed E-state index contributed by atoms with van der Waals surface area (Å²) in [4.78, 5) is 29.8. The van der Waals surface area contributed by atoms with Gasteiger partial charge in [0.15, 0.2) is 0 Å². The number of nitrogens with one attached hydrogen (secondary N) is 2. The van der Waals surface area contributed by atoms with E-state index in [9.17, 15) is 9.59 Å². The lowest BCUT2D eigenvalue weighted by Crippen LogP contribution is -2.47. The number of likely N-dealkylation sites (tertiary alicyclic amines) is 1. The van der Waals surface area contributed by atoms with Crippen molar-refractivity contribution < 1.29 is 9.59 Å². The fourth-order valence-electron chi connectivity index (χ4n) is 3.76. The molecular weight excluding hydrogens is 388 g/mol. The smallest absolute Gasteiger partial charge is 0.322 e. The van der Waals surface area contributed by atoms with Crippen LogP contribution in [0.25, 0.3) is 0 Å². The SMILES string of the molecule is CC[C@@H](C)NC(=O)c1ccc(NC(=O)N(Cc2ccccc2)C2CCN(C)CC2)cc1. The van der Waals surface area contributed by atoms with Crippen molar-refractivity contribution in [2.24, 2.45) is 0 Å². The van der Waals surface area contributed by atoms with E-state index >= 15 is 0 Å². The highest BCUT2D eigenvalue weighted by molar-refractivity contribution is 5.95. The van der Waals surface area contributed by atoms with Gasteiger partial charge in [-0.15, -0.1) is 0 Å². The molecule has 0 spiro atoms. The van der Waals surface area contributed by atoms with E-state index in [1.54, 1.807) is 24.3 Å². The Morgan fingerprint density at radius 1 is 1.06 bits per heavy atom. The van der Waals surface area contributed by atoms with Crippen molar-refractivity contribution in [2.75, 3.05) is 25.5 Å². The number of amides is 3. The van der Waals surface area contributed by atoms with E-state index in [0.717, 1.165) is 37.9 Å². The highest BCUT2D eigenvalue weighted by atomic mass is 16.2. The van der Waals surface area contributed by atoms with Gasteiger partial charge in [0.05, 0.1) is 0 Å². The molecule has 0 radical (unpaired) electrons. The summed E-state index contributed by atoms with van der Waals surface area (Å²) in [5, 5.41) is 5.99. The van der Waals surface area contributed by atoms with Crippen molar-refractivity contribution in [1.29, 1.82) is 0 Å². The van der Waals surface area contributed by atoms with E-state index in [-0.39, 0.29) is 24.0 Å². The number of rotatable bonds is 7. The van der Waals surface area contributed by atoms with E-state index < -0.39 is 0 Å². The summed E-state index contributed by atoms with van der Waals surface area (Å²) in [5.41, 5.74) is 2.40. The Bertz CT molecular complexity index is 846. The minimum absolute atomic E-state index is 0.0933. The molecule has 1 heterocycles. The van der Waals surface area contributed by atoms with Gasteiger partial charge in [-0.25, -0.2) is 4.79 Å². The number of hydrogen-bond donors (Lipinski definition) is 2. The van der Waals surface area contributed by atoms with Crippen LogP contribution in [0.5, 0.6) is 0 Å². The Morgan fingerprint density at radius 2 is 1.71 bits per heavy atom. The van der Waals surface area contributed by atoms with Crippen molar-refractivity contribution in [2.45, 2.75) is 51.7 Å². The molecule has 2 N–H and O–H groups in total. The van der Waals surface area contributed by atoms with Crippen molar-refractivity contribution >= 4 is 17.6 Å². The topological polar surface area (TPSA) is 64.7 Å². The van der Waals surface area contributed by atoms with Crippen LogP contribution in [-0.2, 0) is 6.54 Å². The van der Waals surface area contributed by atoms with Crippen LogP contribution >= 0.6 is 0 Å². The third-order valence-electron chi connectivity index (χ3n) is 5.97. The second-order valence-electron chi connectivity index (χ2n) is 8.44. The first kappa shape index (κ1) is 22.8. The molecule has 6 nitrogen and oxygen atoms in total. The van der Waals surface area contributed by atoms with E-state index in [2.05, 4.69) is 34.7 Å². The quantitative estimate of drug-likeness (QED) is 0.697. The molecule has 0 aliphatic carbocycles. The number of carbonyl (C=O) groups is 2. The average molecular weight is 423 g/mol. The Kier molecular flexibility index (Phi) is 8.06. The first-order valence-corrected chi connectivity index (χ1v) is 11.2. The molecule has 31 heavy (non-hydrogen) atoms. The lowest BCUT2D eigenvalue weighted by atomic mass is 10.0. The van der Waals surface area contributed by atoms with Crippen molar-refractivity contribution in [3.63, 3.8) is 0 Å². The summed E-state index contributed by atoms with van der Waals surface area (Å²) >= 11 is 0. The zero-order valence-corrected chi connectivity index (χ0v) is 18.8. The van der Waals surface area contributed by atoms with Gasteiger partial charge in [-0.3, -0.25) is 4.79 Å². The van der Waals surface area contributed by atoms with E-state index in [1.807, 2.05) is 36.9 Å². The van der Waals surface area contributed by atoms with Gasteiger partial charge in [0, 0.05) is 29.9 Å². The summed E-state index contributed by atoms with van der Waals surface area (Å²) in [7, 11) is 2.12. The van der Waals surface area contributed by atoms with Crippen LogP contribution in [0.3, 0.4) is 0 Å².